The second kappa shape index (κ2) is 12.9. The van der Waals surface area contributed by atoms with Crippen molar-refractivity contribution < 1.29 is 14.6 Å². The Balaban J connectivity index is 1.22. The van der Waals surface area contributed by atoms with E-state index in [9.17, 15) is 4.79 Å². The molecule has 7 nitrogen and oxygen atoms in total. The monoisotopic (exact) mass is 474 g/mol. The third kappa shape index (κ3) is 7.82. The van der Waals surface area contributed by atoms with Gasteiger partial charge in [0.1, 0.15) is 12.4 Å². The van der Waals surface area contributed by atoms with E-state index in [1.807, 2.05) is 36.4 Å². The quantitative estimate of drug-likeness (QED) is 0.418. The number of aliphatic hydroxyl groups excluding tert-OH is 1. The molecule has 0 bridgehead atoms. The van der Waals surface area contributed by atoms with Gasteiger partial charge in [0.2, 0.25) is 0 Å². The fraction of sp³-hybridized carbons (Fsp3) is 0.321. The molecule has 3 aromatic carbocycles. The van der Waals surface area contributed by atoms with Crippen LogP contribution in [0.1, 0.15) is 16.7 Å². The Morgan fingerprint density at radius 2 is 1.46 bits per heavy atom. The maximum atomic E-state index is 12.0. The number of carbonyl (C=O) groups excluding carboxylic acids is 1. The van der Waals surface area contributed by atoms with Crippen LogP contribution in [0.4, 0.5) is 10.5 Å². The highest BCUT2D eigenvalue weighted by Gasteiger charge is 2.18. The number of hydrogen-bond acceptors (Lipinski definition) is 5. The molecule has 0 aliphatic carbocycles. The molecule has 3 aromatic rings. The van der Waals surface area contributed by atoms with Crippen molar-refractivity contribution in [1.29, 1.82) is 0 Å². The Labute approximate surface area is 207 Å². The minimum atomic E-state index is -0.298. The Hall–Kier alpha value is -3.39. The van der Waals surface area contributed by atoms with Crippen LogP contribution in [0.25, 0.3) is 0 Å². The van der Waals surface area contributed by atoms with Gasteiger partial charge in [0, 0.05) is 51.5 Å². The normalized spacial score (nSPS) is 14.4. The highest BCUT2D eigenvalue weighted by atomic mass is 16.5. The predicted octanol–water partition coefficient (Wildman–Crippen LogP) is 3.70. The molecule has 0 radical (unpaired) electrons. The summed E-state index contributed by atoms with van der Waals surface area (Å²) in [6.07, 6.45) is 0. The van der Waals surface area contributed by atoms with E-state index < -0.39 is 0 Å². The van der Waals surface area contributed by atoms with Gasteiger partial charge in [-0.25, -0.2) is 4.79 Å². The molecule has 35 heavy (non-hydrogen) atoms. The van der Waals surface area contributed by atoms with Crippen LogP contribution in [0.2, 0.25) is 0 Å². The van der Waals surface area contributed by atoms with Crippen molar-refractivity contribution in [2.24, 2.45) is 0 Å². The molecule has 0 unspecified atom stereocenters. The van der Waals surface area contributed by atoms with Crippen LogP contribution in [0, 0.1) is 0 Å². The molecule has 0 saturated carbocycles. The van der Waals surface area contributed by atoms with E-state index in [1.54, 1.807) is 0 Å². The van der Waals surface area contributed by atoms with Gasteiger partial charge in [0.05, 0.1) is 6.61 Å². The first-order valence-corrected chi connectivity index (χ1v) is 12.1. The number of ether oxygens (including phenoxy) is 1. The molecule has 184 valence electrons. The lowest BCUT2D eigenvalue weighted by atomic mass is 10.1. The van der Waals surface area contributed by atoms with Crippen LogP contribution in [-0.4, -0.2) is 60.3 Å². The average molecular weight is 475 g/mol. The zero-order chi connectivity index (χ0) is 24.3. The fourth-order valence-electron chi connectivity index (χ4n) is 4.15. The van der Waals surface area contributed by atoms with Crippen molar-refractivity contribution in [3.63, 3.8) is 0 Å². The molecular formula is C28H34N4O3. The van der Waals surface area contributed by atoms with Gasteiger partial charge in [-0.05, 0) is 34.9 Å². The van der Waals surface area contributed by atoms with Crippen LogP contribution in [0.5, 0.6) is 5.75 Å². The van der Waals surface area contributed by atoms with Crippen LogP contribution >= 0.6 is 0 Å². The number of urea groups is 1. The molecule has 1 fully saturated rings. The molecule has 4 rings (SSSR count). The van der Waals surface area contributed by atoms with Gasteiger partial charge in [-0.3, -0.25) is 9.80 Å². The Kier molecular flexibility index (Phi) is 9.11. The molecule has 1 aliphatic heterocycles. The Morgan fingerprint density at radius 1 is 0.800 bits per heavy atom. The standard InChI is InChI=1S/C28H34N4O3/c33-19-14-29-28(34)30-27-9-5-4-8-25(27)21-32-17-15-31(16-18-32)20-23-10-12-26(13-11-23)35-22-24-6-2-1-3-7-24/h1-13,33H,14-22H2,(H2,29,30,34). The molecule has 1 heterocycles. The summed E-state index contributed by atoms with van der Waals surface area (Å²) >= 11 is 0. The maximum Gasteiger partial charge on any atom is 0.319 e. The number of para-hydroxylation sites is 1. The number of rotatable bonds is 10. The van der Waals surface area contributed by atoms with Crippen LogP contribution in [0.3, 0.4) is 0 Å². The summed E-state index contributed by atoms with van der Waals surface area (Å²) in [6.45, 7) is 6.40. The molecular weight excluding hydrogens is 440 g/mol. The zero-order valence-electron chi connectivity index (χ0n) is 20.0. The largest absolute Gasteiger partial charge is 0.489 e. The van der Waals surface area contributed by atoms with E-state index in [-0.39, 0.29) is 19.2 Å². The highest BCUT2D eigenvalue weighted by molar-refractivity contribution is 5.90. The van der Waals surface area contributed by atoms with Crippen molar-refractivity contribution >= 4 is 11.7 Å². The number of anilines is 1. The van der Waals surface area contributed by atoms with Crippen molar-refractivity contribution in [2.75, 3.05) is 44.6 Å². The number of hydrogen-bond donors (Lipinski definition) is 3. The van der Waals surface area contributed by atoms with Crippen molar-refractivity contribution in [1.82, 2.24) is 15.1 Å². The smallest absolute Gasteiger partial charge is 0.319 e. The summed E-state index contributed by atoms with van der Waals surface area (Å²) in [5, 5.41) is 14.4. The molecule has 1 aliphatic rings. The molecule has 0 spiro atoms. The number of aliphatic hydroxyl groups is 1. The number of nitrogens with zero attached hydrogens (tertiary/aromatic N) is 2. The maximum absolute atomic E-state index is 12.0. The second-order valence-electron chi connectivity index (χ2n) is 8.73. The third-order valence-corrected chi connectivity index (χ3v) is 6.10. The van der Waals surface area contributed by atoms with Gasteiger partial charge in [-0.2, -0.15) is 0 Å². The first kappa shape index (κ1) is 24.7. The van der Waals surface area contributed by atoms with E-state index in [2.05, 4.69) is 62.9 Å². The summed E-state index contributed by atoms with van der Waals surface area (Å²) in [5.41, 5.74) is 4.35. The Morgan fingerprint density at radius 3 is 2.17 bits per heavy atom. The minimum Gasteiger partial charge on any atom is -0.489 e. The molecule has 0 aromatic heterocycles. The predicted molar refractivity (Wildman–Crippen MR) is 138 cm³/mol. The molecule has 7 heteroatoms. The summed E-state index contributed by atoms with van der Waals surface area (Å²) < 4.78 is 5.90. The van der Waals surface area contributed by atoms with Gasteiger partial charge >= 0.3 is 6.03 Å². The molecule has 2 amide bonds. The SMILES string of the molecule is O=C(NCCO)Nc1ccccc1CN1CCN(Cc2ccc(OCc3ccccc3)cc2)CC1. The number of amides is 2. The van der Waals surface area contributed by atoms with E-state index >= 15 is 0 Å². The van der Waals surface area contributed by atoms with Gasteiger partial charge in [-0.15, -0.1) is 0 Å². The lowest BCUT2D eigenvalue weighted by Gasteiger charge is -2.35. The minimum absolute atomic E-state index is 0.0779. The van der Waals surface area contributed by atoms with Crippen LogP contribution in [0.15, 0.2) is 78.9 Å². The van der Waals surface area contributed by atoms with E-state index in [1.165, 1.54) is 5.56 Å². The lowest BCUT2D eigenvalue weighted by Crippen LogP contribution is -2.45. The fourth-order valence-corrected chi connectivity index (χ4v) is 4.15. The summed E-state index contributed by atoms with van der Waals surface area (Å²) in [4.78, 5) is 16.9. The van der Waals surface area contributed by atoms with Crippen molar-refractivity contribution in [3.05, 3.63) is 95.6 Å². The molecule has 3 N–H and O–H groups in total. The van der Waals surface area contributed by atoms with E-state index in [4.69, 9.17) is 9.84 Å². The van der Waals surface area contributed by atoms with Crippen molar-refractivity contribution in [3.8, 4) is 5.75 Å². The molecule has 0 atom stereocenters. The number of benzene rings is 3. The third-order valence-electron chi connectivity index (χ3n) is 6.10. The number of piperazine rings is 1. The summed E-state index contributed by atoms with van der Waals surface area (Å²) in [5.74, 6) is 0.889. The second-order valence-corrected chi connectivity index (χ2v) is 8.73. The molecule has 1 saturated heterocycles. The van der Waals surface area contributed by atoms with E-state index in [0.29, 0.717) is 6.61 Å². The number of nitrogens with one attached hydrogen (secondary N) is 2. The van der Waals surface area contributed by atoms with Gasteiger partial charge in [0.15, 0.2) is 0 Å². The Bertz CT molecular complexity index is 1050. The van der Waals surface area contributed by atoms with Crippen molar-refractivity contribution in [2.45, 2.75) is 19.7 Å². The first-order valence-electron chi connectivity index (χ1n) is 12.1. The average Bonchev–Trinajstić information content (AvgIpc) is 2.90. The summed E-state index contributed by atoms with van der Waals surface area (Å²) in [6, 6.07) is 26.2. The number of carbonyl (C=O) groups is 1. The van der Waals surface area contributed by atoms with Gasteiger partial charge in [-0.1, -0.05) is 60.7 Å². The van der Waals surface area contributed by atoms with Crippen LogP contribution in [-0.2, 0) is 19.7 Å². The van der Waals surface area contributed by atoms with E-state index in [0.717, 1.165) is 61.8 Å². The topological polar surface area (TPSA) is 77.1 Å². The first-order chi connectivity index (χ1) is 17.2. The van der Waals surface area contributed by atoms with Gasteiger partial charge in [0.25, 0.3) is 0 Å². The highest BCUT2D eigenvalue weighted by Crippen LogP contribution is 2.20. The van der Waals surface area contributed by atoms with Crippen LogP contribution < -0.4 is 15.4 Å². The van der Waals surface area contributed by atoms with Gasteiger partial charge < -0.3 is 20.5 Å². The zero-order valence-corrected chi connectivity index (χ0v) is 20.0. The lowest BCUT2D eigenvalue weighted by molar-refractivity contribution is 0.122. The summed E-state index contributed by atoms with van der Waals surface area (Å²) in [7, 11) is 0.